The molecule has 32 heavy (non-hydrogen) atoms. The number of carbonyl (C=O) groups is 1. The van der Waals surface area contributed by atoms with Gasteiger partial charge in [-0.25, -0.2) is 18.4 Å². The van der Waals surface area contributed by atoms with Crippen molar-refractivity contribution in [3.8, 4) is 10.6 Å². The smallest absolute Gasteiger partial charge is 0.276 e. The van der Waals surface area contributed by atoms with E-state index in [0.29, 0.717) is 11.2 Å². The number of sulfone groups is 1. The van der Waals surface area contributed by atoms with E-state index in [1.165, 1.54) is 9.96 Å². The van der Waals surface area contributed by atoms with Gasteiger partial charge in [0.15, 0.2) is 5.69 Å². The summed E-state index contributed by atoms with van der Waals surface area (Å²) >= 11 is 1.62. The van der Waals surface area contributed by atoms with Crippen LogP contribution in [0.15, 0.2) is 72.0 Å². The number of hydrogen-bond acceptors (Lipinski definition) is 6. The number of anilines is 1. The van der Waals surface area contributed by atoms with E-state index in [2.05, 4.69) is 28.3 Å². The van der Waals surface area contributed by atoms with Crippen LogP contribution >= 0.6 is 11.3 Å². The summed E-state index contributed by atoms with van der Waals surface area (Å²) < 4.78 is 26.7. The summed E-state index contributed by atoms with van der Waals surface area (Å²) in [5.41, 5.74) is 4.16. The van der Waals surface area contributed by atoms with Gasteiger partial charge in [-0.05, 0) is 61.0 Å². The predicted octanol–water partition coefficient (Wildman–Crippen LogP) is 4.58. The third-order valence-electron chi connectivity index (χ3n) is 5.00. The maximum atomic E-state index is 12.9. The van der Waals surface area contributed by atoms with Crippen LogP contribution in [0, 0.1) is 6.92 Å². The Balaban J connectivity index is 1.43. The molecule has 5 aromatic rings. The van der Waals surface area contributed by atoms with Crippen LogP contribution in [0.5, 0.6) is 0 Å². The molecule has 9 heteroatoms. The number of benzene rings is 2. The highest BCUT2D eigenvalue weighted by molar-refractivity contribution is 7.90. The highest BCUT2D eigenvalue weighted by atomic mass is 32.2. The third kappa shape index (κ3) is 3.65. The number of nitrogens with zero attached hydrogens (tertiary/aromatic N) is 3. The summed E-state index contributed by atoms with van der Waals surface area (Å²) in [5.74, 6) is -0.480. The molecule has 0 radical (unpaired) electrons. The van der Waals surface area contributed by atoms with E-state index in [1.54, 1.807) is 47.9 Å². The molecule has 1 N–H and O–H groups in total. The van der Waals surface area contributed by atoms with E-state index in [4.69, 9.17) is 0 Å². The molecule has 0 fully saturated rings. The highest BCUT2D eigenvalue weighted by Gasteiger charge is 2.22. The van der Waals surface area contributed by atoms with E-state index < -0.39 is 15.7 Å². The number of amides is 1. The van der Waals surface area contributed by atoms with E-state index in [-0.39, 0.29) is 10.9 Å². The lowest BCUT2D eigenvalue weighted by Gasteiger charge is -2.04. The summed E-state index contributed by atoms with van der Waals surface area (Å²) in [7, 11) is -3.60. The third-order valence-corrected chi connectivity index (χ3v) is 7.01. The van der Waals surface area contributed by atoms with Crippen molar-refractivity contribution >= 4 is 48.5 Å². The van der Waals surface area contributed by atoms with Gasteiger partial charge in [-0.2, -0.15) is 0 Å². The van der Waals surface area contributed by atoms with Crippen molar-refractivity contribution in [1.29, 1.82) is 0 Å². The lowest BCUT2D eigenvalue weighted by Crippen LogP contribution is -2.13. The highest BCUT2D eigenvalue weighted by Crippen LogP contribution is 2.31. The van der Waals surface area contributed by atoms with E-state index in [1.807, 2.05) is 24.3 Å². The van der Waals surface area contributed by atoms with Crippen molar-refractivity contribution in [2.75, 3.05) is 11.6 Å². The second kappa shape index (κ2) is 7.54. The van der Waals surface area contributed by atoms with Gasteiger partial charge in [-0.3, -0.25) is 9.20 Å². The van der Waals surface area contributed by atoms with Crippen molar-refractivity contribution in [2.45, 2.75) is 12.1 Å². The Hall–Kier alpha value is -3.56. The predicted molar refractivity (Wildman–Crippen MR) is 126 cm³/mol. The largest absolute Gasteiger partial charge is 0.321 e. The monoisotopic (exact) mass is 462 g/mol. The zero-order valence-electron chi connectivity index (χ0n) is 17.2. The Morgan fingerprint density at radius 3 is 2.56 bits per heavy atom. The normalized spacial score (nSPS) is 11.8. The van der Waals surface area contributed by atoms with E-state index in [0.717, 1.165) is 27.0 Å². The first kappa shape index (κ1) is 20.3. The molecular formula is C23H18N4O3S2. The average molecular weight is 463 g/mol. The summed E-state index contributed by atoms with van der Waals surface area (Å²) in [6, 6.07) is 18.6. The van der Waals surface area contributed by atoms with E-state index in [9.17, 15) is 13.2 Å². The van der Waals surface area contributed by atoms with Crippen molar-refractivity contribution in [1.82, 2.24) is 14.4 Å². The van der Waals surface area contributed by atoms with Crippen LogP contribution in [0.1, 0.15) is 16.1 Å². The lowest BCUT2D eigenvalue weighted by molar-refractivity contribution is 0.102. The maximum absolute atomic E-state index is 12.9. The number of rotatable bonds is 4. The number of pyridine rings is 1. The van der Waals surface area contributed by atoms with Crippen molar-refractivity contribution in [3.05, 3.63) is 78.1 Å². The second-order valence-corrected chi connectivity index (χ2v) is 10.4. The Bertz CT molecular complexity index is 1600. The molecule has 5 rings (SSSR count). The molecule has 0 unspecified atom stereocenters. The molecule has 3 heterocycles. The zero-order valence-corrected chi connectivity index (χ0v) is 18.9. The summed E-state index contributed by atoms with van der Waals surface area (Å²) in [5, 5.41) is 3.54. The van der Waals surface area contributed by atoms with Crippen LogP contribution in [0.3, 0.4) is 0 Å². The van der Waals surface area contributed by atoms with Crippen molar-refractivity contribution < 1.29 is 13.2 Å². The lowest BCUT2D eigenvalue weighted by atomic mass is 10.2. The Morgan fingerprint density at radius 1 is 1.03 bits per heavy atom. The number of carbonyl (C=O) groups excluding carboxylic acids is 1. The topological polar surface area (TPSA) is 93.4 Å². The van der Waals surface area contributed by atoms with Crippen LogP contribution in [-0.2, 0) is 9.84 Å². The fourth-order valence-corrected chi connectivity index (χ4v) is 5.32. The first-order chi connectivity index (χ1) is 15.3. The minimum atomic E-state index is -3.60. The number of aryl methyl sites for hydroxylation is 1. The van der Waals surface area contributed by atoms with Gasteiger partial charge in [0.1, 0.15) is 5.01 Å². The minimum absolute atomic E-state index is 0.0524. The van der Waals surface area contributed by atoms with Gasteiger partial charge in [-0.15, -0.1) is 11.3 Å². The molecule has 7 nitrogen and oxygen atoms in total. The van der Waals surface area contributed by atoms with Gasteiger partial charge in [0, 0.05) is 23.7 Å². The average Bonchev–Trinajstić information content (AvgIpc) is 3.35. The molecule has 0 aliphatic rings. The van der Waals surface area contributed by atoms with E-state index >= 15 is 0 Å². The molecular weight excluding hydrogens is 444 g/mol. The molecule has 3 aromatic heterocycles. The number of aromatic nitrogens is 3. The number of fused-ring (bicyclic) bond motifs is 2. The molecule has 0 aliphatic heterocycles. The fourth-order valence-electron chi connectivity index (χ4n) is 3.48. The van der Waals surface area contributed by atoms with Crippen LogP contribution in [-0.4, -0.2) is 34.9 Å². The molecule has 2 aromatic carbocycles. The van der Waals surface area contributed by atoms with Gasteiger partial charge < -0.3 is 5.32 Å². The van der Waals surface area contributed by atoms with Crippen LogP contribution < -0.4 is 5.32 Å². The number of imidazole rings is 1. The summed E-state index contributed by atoms with van der Waals surface area (Å²) in [4.78, 5) is 21.7. The quantitative estimate of drug-likeness (QED) is 0.422. The Kier molecular flexibility index (Phi) is 4.79. The van der Waals surface area contributed by atoms with Gasteiger partial charge >= 0.3 is 0 Å². The van der Waals surface area contributed by atoms with Gasteiger partial charge in [-0.1, -0.05) is 12.1 Å². The van der Waals surface area contributed by atoms with Crippen LogP contribution in [0.2, 0.25) is 0 Å². The van der Waals surface area contributed by atoms with Crippen molar-refractivity contribution in [2.24, 2.45) is 0 Å². The van der Waals surface area contributed by atoms with Gasteiger partial charge in [0.2, 0.25) is 15.0 Å². The Labute approximate surface area is 188 Å². The first-order valence-corrected chi connectivity index (χ1v) is 12.5. The minimum Gasteiger partial charge on any atom is -0.321 e. The summed E-state index contributed by atoms with van der Waals surface area (Å²) in [6.45, 7) is 2.05. The second-order valence-electron chi connectivity index (χ2n) is 7.49. The summed E-state index contributed by atoms with van der Waals surface area (Å²) in [6.07, 6.45) is 2.64. The van der Waals surface area contributed by atoms with Crippen LogP contribution in [0.4, 0.5) is 5.69 Å². The number of thiazole rings is 1. The fraction of sp³-hybridized carbons (Fsp3) is 0.0870. The molecule has 160 valence electrons. The standard InChI is InChI=1S/C23H18N4O3S2/c1-14-6-11-17-19(13-14)31-22(25-17)15-7-9-16(10-8-15)24-21(28)20-18-5-3-4-12-27(18)23(26-20)32(2,29)30/h3-13H,1-2H3,(H,24,28). The number of nitrogens with one attached hydrogen (secondary N) is 1. The maximum Gasteiger partial charge on any atom is 0.276 e. The van der Waals surface area contributed by atoms with Gasteiger partial charge in [0.05, 0.1) is 15.7 Å². The van der Waals surface area contributed by atoms with Crippen LogP contribution in [0.25, 0.3) is 26.3 Å². The zero-order chi connectivity index (χ0) is 22.5. The Morgan fingerprint density at radius 2 is 1.81 bits per heavy atom. The molecule has 0 spiro atoms. The number of hydrogen-bond donors (Lipinski definition) is 1. The molecule has 0 saturated carbocycles. The molecule has 0 atom stereocenters. The van der Waals surface area contributed by atoms with Crippen molar-refractivity contribution in [3.63, 3.8) is 0 Å². The molecule has 0 aliphatic carbocycles. The van der Waals surface area contributed by atoms with Gasteiger partial charge in [0.25, 0.3) is 5.91 Å². The molecule has 0 bridgehead atoms. The molecule has 0 saturated heterocycles. The SMILES string of the molecule is Cc1ccc2nc(-c3ccc(NC(=O)c4nc(S(C)(=O)=O)n5ccccc45)cc3)sc2c1. The first-order valence-electron chi connectivity index (χ1n) is 9.76. The molecule has 1 amide bonds.